The van der Waals surface area contributed by atoms with Crippen LogP contribution in [0.2, 0.25) is 0 Å². The van der Waals surface area contributed by atoms with E-state index in [2.05, 4.69) is 9.97 Å². The summed E-state index contributed by atoms with van der Waals surface area (Å²) in [5.74, 6) is 0.231. The van der Waals surface area contributed by atoms with Gasteiger partial charge in [0.05, 0.1) is 0 Å². The van der Waals surface area contributed by atoms with Crippen LogP contribution < -0.4 is 17.0 Å². The number of nitrogen functional groups attached to an aromatic ring is 1. The van der Waals surface area contributed by atoms with E-state index in [9.17, 15) is 9.59 Å². The summed E-state index contributed by atoms with van der Waals surface area (Å²) in [5, 5.41) is 0. The van der Waals surface area contributed by atoms with Crippen LogP contribution in [0.25, 0.3) is 11.2 Å². The number of nitrogens with zero attached hydrogens (tertiary/aromatic N) is 3. The van der Waals surface area contributed by atoms with Crippen LogP contribution in [0.5, 0.6) is 0 Å². The Morgan fingerprint density at radius 2 is 2.11 bits per heavy atom. The summed E-state index contributed by atoms with van der Waals surface area (Å²) in [4.78, 5) is 30.1. The normalized spacial score (nSPS) is 11.3. The zero-order chi connectivity index (χ0) is 14.0. The van der Waals surface area contributed by atoms with Gasteiger partial charge in [-0.05, 0) is 13.3 Å². The first kappa shape index (κ1) is 13.3. The van der Waals surface area contributed by atoms with Gasteiger partial charge in [0.15, 0.2) is 11.2 Å². The average Bonchev–Trinajstić information content (AvgIpc) is 2.70. The summed E-state index contributed by atoms with van der Waals surface area (Å²) in [5.41, 5.74) is 5.48. The summed E-state index contributed by atoms with van der Waals surface area (Å²) < 4.78 is 7.95. The van der Waals surface area contributed by atoms with Gasteiger partial charge in [-0.1, -0.05) is 0 Å². The molecule has 104 valence electrons. The topological polar surface area (TPSA) is 108 Å². The summed E-state index contributed by atoms with van der Waals surface area (Å²) in [6.45, 7) is 3.32. The quantitative estimate of drug-likeness (QED) is 0.712. The number of aryl methyl sites for hydroxylation is 2. The van der Waals surface area contributed by atoms with Crippen molar-refractivity contribution < 1.29 is 4.74 Å². The number of ether oxygens (including phenoxy) is 1. The zero-order valence-corrected chi connectivity index (χ0v) is 11.0. The lowest BCUT2D eigenvalue weighted by molar-refractivity contribution is 0.190. The minimum absolute atomic E-state index is 0.231. The van der Waals surface area contributed by atoms with Gasteiger partial charge in [0.2, 0.25) is 5.95 Å². The van der Waals surface area contributed by atoms with Crippen LogP contribution in [0.15, 0.2) is 9.59 Å². The van der Waals surface area contributed by atoms with E-state index < -0.39 is 11.2 Å². The Labute approximate surface area is 108 Å². The average molecular weight is 267 g/mol. The van der Waals surface area contributed by atoms with Crippen molar-refractivity contribution in [3.63, 3.8) is 0 Å². The minimum Gasteiger partial charge on any atom is -0.385 e. The van der Waals surface area contributed by atoms with Crippen LogP contribution >= 0.6 is 0 Å². The molecule has 2 heterocycles. The van der Waals surface area contributed by atoms with Crippen LogP contribution in [-0.4, -0.2) is 32.8 Å². The van der Waals surface area contributed by atoms with Crippen molar-refractivity contribution in [3.05, 3.63) is 20.8 Å². The Morgan fingerprint density at radius 3 is 2.74 bits per heavy atom. The monoisotopic (exact) mass is 267 g/mol. The molecule has 0 unspecified atom stereocenters. The molecular weight excluding hydrogens is 250 g/mol. The zero-order valence-electron chi connectivity index (χ0n) is 11.0. The Morgan fingerprint density at radius 1 is 1.37 bits per heavy atom. The highest BCUT2D eigenvalue weighted by Crippen LogP contribution is 2.12. The molecule has 8 nitrogen and oxygen atoms in total. The molecule has 3 N–H and O–H groups in total. The molecule has 0 saturated carbocycles. The third kappa shape index (κ3) is 2.26. The fraction of sp³-hybridized carbons (Fsp3) is 0.545. The number of hydrogen-bond acceptors (Lipinski definition) is 5. The smallest absolute Gasteiger partial charge is 0.330 e. The first-order valence-corrected chi connectivity index (χ1v) is 6.08. The minimum atomic E-state index is -0.477. The van der Waals surface area contributed by atoms with Gasteiger partial charge in [0.1, 0.15) is 0 Å². The molecule has 2 aromatic rings. The van der Waals surface area contributed by atoms with Crippen molar-refractivity contribution in [2.75, 3.05) is 19.5 Å². The summed E-state index contributed by atoms with van der Waals surface area (Å²) in [6, 6.07) is 0. The molecule has 0 spiro atoms. The van der Waals surface area contributed by atoms with Crippen molar-refractivity contribution in [2.45, 2.75) is 26.4 Å². The van der Waals surface area contributed by atoms with Crippen LogP contribution in [0.3, 0.4) is 0 Å². The number of imidazole rings is 1. The van der Waals surface area contributed by atoms with Gasteiger partial charge in [-0.2, -0.15) is 4.98 Å². The lowest BCUT2D eigenvalue weighted by Crippen LogP contribution is -2.31. The number of rotatable bonds is 5. The summed E-state index contributed by atoms with van der Waals surface area (Å²) >= 11 is 0. The first-order valence-electron chi connectivity index (χ1n) is 6.08. The molecule has 0 bridgehead atoms. The Balaban J connectivity index is 2.63. The number of aromatic amines is 1. The Bertz CT molecular complexity index is 697. The molecule has 0 aliphatic carbocycles. The maximum Gasteiger partial charge on any atom is 0.330 e. The number of nitrogens with two attached hydrogens (primary N) is 1. The second-order valence-corrected chi connectivity index (χ2v) is 4.14. The molecule has 2 aromatic heterocycles. The van der Waals surface area contributed by atoms with E-state index in [0.29, 0.717) is 37.3 Å². The maximum absolute atomic E-state index is 11.9. The molecule has 0 atom stereocenters. The molecule has 0 aliphatic heterocycles. The van der Waals surface area contributed by atoms with Crippen LogP contribution in [0, 0.1) is 0 Å². The number of hydrogen-bond donors (Lipinski definition) is 2. The predicted molar refractivity (Wildman–Crippen MR) is 71.2 cm³/mol. The Kier molecular flexibility index (Phi) is 3.70. The van der Waals surface area contributed by atoms with Crippen molar-refractivity contribution in [1.82, 2.24) is 19.1 Å². The fourth-order valence-electron chi connectivity index (χ4n) is 2.08. The van der Waals surface area contributed by atoms with Crippen LogP contribution in [0.1, 0.15) is 13.3 Å². The highest BCUT2D eigenvalue weighted by atomic mass is 16.5. The van der Waals surface area contributed by atoms with Gasteiger partial charge in [-0.3, -0.25) is 14.3 Å². The number of methoxy groups -OCH3 is 1. The molecule has 8 heteroatoms. The third-order valence-corrected chi connectivity index (χ3v) is 2.96. The number of fused-ring (bicyclic) bond motifs is 1. The number of aromatic nitrogens is 4. The molecule has 0 aliphatic rings. The second-order valence-electron chi connectivity index (χ2n) is 4.14. The van der Waals surface area contributed by atoms with E-state index in [1.54, 1.807) is 11.7 Å². The van der Waals surface area contributed by atoms with Gasteiger partial charge in [-0.15, -0.1) is 0 Å². The molecule has 19 heavy (non-hydrogen) atoms. The van der Waals surface area contributed by atoms with E-state index in [0.717, 1.165) is 0 Å². The predicted octanol–water partition coefficient (Wildman–Crippen LogP) is -0.475. The number of anilines is 1. The highest BCUT2D eigenvalue weighted by molar-refractivity contribution is 5.73. The molecule has 0 aromatic carbocycles. The molecule has 0 radical (unpaired) electrons. The van der Waals surface area contributed by atoms with Crippen LogP contribution in [0.4, 0.5) is 5.95 Å². The number of nitrogens with one attached hydrogen (secondary N) is 1. The molecule has 0 fully saturated rings. The molecular formula is C11H17N5O3. The van der Waals surface area contributed by atoms with Crippen LogP contribution in [-0.2, 0) is 17.8 Å². The molecule has 0 saturated heterocycles. The fourth-order valence-corrected chi connectivity index (χ4v) is 2.08. The molecule has 2 rings (SSSR count). The number of H-pyrrole nitrogens is 1. The largest absolute Gasteiger partial charge is 0.385 e. The molecule has 0 amide bonds. The van der Waals surface area contributed by atoms with E-state index in [-0.39, 0.29) is 5.95 Å². The van der Waals surface area contributed by atoms with Crippen molar-refractivity contribution in [2.24, 2.45) is 0 Å². The van der Waals surface area contributed by atoms with Gasteiger partial charge in [0.25, 0.3) is 5.56 Å². The second kappa shape index (κ2) is 5.27. The summed E-state index contributed by atoms with van der Waals surface area (Å²) in [7, 11) is 1.59. The third-order valence-electron chi connectivity index (χ3n) is 2.96. The van der Waals surface area contributed by atoms with E-state index in [1.807, 2.05) is 6.92 Å². The standard InChI is InChI=1S/C11H17N5O3/c1-3-15-7-8(13-10(15)12)16(5-4-6-19-2)11(18)14-9(7)17/h3-6H2,1-2H3,(H2,12,13)(H,14,17,18). The van der Waals surface area contributed by atoms with Gasteiger partial charge >= 0.3 is 5.69 Å². The van der Waals surface area contributed by atoms with Gasteiger partial charge in [0, 0.05) is 26.8 Å². The van der Waals surface area contributed by atoms with Crippen molar-refractivity contribution in [1.29, 1.82) is 0 Å². The Hall–Kier alpha value is -2.09. The van der Waals surface area contributed by atoms with Crippen molar-refractivity contribution in [3.8, 4) is 0 Å². The first-order chi connectivity index (χ1) is 9.10. The van der Waals surface area contributed by atoms with Gasteiger partial charge < -0.3 is 15.0 Å². The van der Waals surface area contributed by atoms with E-state index in [1.165, 1.54) is 4.57 Å². The lowest BCUT2D eigenvalue weighted by atomic mass is 10.4. The van der Waals surface area contributed by atoms with Crippen molar-refractivity contribution >= 4 is 17.1 Å². The SMILES string of the molecule is CCn1c(N)nc2c1c(=O)[nH]c(=O)n2CCCOC. The summed E-state index contributed by atoms with van der Waals surface area (Å²) in [6.07, 6.45) is 0.649. The van der Waals surface area contributed by atoms with E-state index >= 15 is 0 Å². The van der Waals surface area contributed by atoms with E-state index in [4.69, 9.17) is 10.5 Å². The lowest BCUT2D eigenvalue weighted by Gasteiger charge is -2.06. The van der Waals surface area contributed by atoms with Gasteiger partial charge in [-0.25, -0.2) is 4.79 Å². The maximum atomic E-state index is 11.9. The highest BCUT2D eigenvalue weighted by Gasteiger charge is 2.15.